The zero-order valence-corrected chi connectivity index (χ0v) is 19.1. The third-order valence-corrected chi connectivity index (χ3v) is 7.56. The van der Waals surface area contributed by atoms with Gasteiger partial charge in [-0.2, -0.15) is 5.26 Å². The zero-order valence-electron chi connectivity index (χ0n) is 18.3. The summed E-state index contributed by atoms with van der Waals surface area (Å²) in [7, 11) is 0. The number of piperazine rings is 1. The zero-order chi connectivity index (χ0) is 22.8. The summed E-state index contributed by atoms with van der Waals surface area (Å²) in [5, 5.41) is 26.7. The number of likely N-dealkylation sites (tertiary alicyclic amines) is 1. The van der Waals surface area contributed by atoms with Crippen LogP contribution in [0.4, 0.5) is 16.3 Å². The SMILES string of the molecule is N#Cc1cnc(N[C@H]2CCCN(C(=O)O)C2)c2cc(-c3ccc(N4CCNCC4)cc3)sc12. The maximum atomic E-state index is 11.4. The fraction of sp³-hybridized carbons (Fsp3) is 0.375. The van der Waals surface area contributed by atoms with Crippen molar-refractivity contribution < 1.29 is 9.90 Å². The maximum Gasteiger partial charge on any atom is 0.407 e. The molecule has 0 radical (unpaired) electrons. The van der Waals surface area contributed by atoms with E-state index in [-0.39, 0.29) is 6.04 Å². The van der Waals surface area contributed by atoms with Gasteiger partial charge in [0.05, 0.1) is 10.3 Å². The van der Waals surface area contributed by atoms with Crippen molar-refractivity contribution >= 4 is 39.0 Å². The number of nitrogens with zero attached hydrogens (tertiary/aromatic N) is 4. The van der Waals surface area contributed by atoms with Gasteiger partial charge in [-0.1, -0.05) is 12.1 Å². The van der Waals surface area contributed by atoms with Crippen molar-refractivity contribution in [2.45, 2.75) is 18.9 Å². The van der Waals surface area contributed by atoms with Gasteiger partial charge in [-0.05, 0) is 36.6 Å². The molecule has 2 aliphatic rings. The minimum absolute atomic E-state index is 0.000141. The Morgan fingerprint density at radius 1 is 1.24 bits per heavy atom. The van der Waals surface area contributed by atoms with Crippen LogP contribution in [-0.4, -0.2) is 66.4 Å². The van der Waals surface area contributed by atoms with Crippen LogP contribution in [0.5, 0.6) is 0 Å². The molecule has 0 aliphatic carbocycles. The van der Waals surface area contributed by atoms with Crippen LogP contribution in [0.15, 0.2) is 36.5 Å². The highest BCUT2D eigenvalue weighted by Gasteiger charge is 2.24. The highest BCUT2D eigenvalue weighted by atomic mass is 32.1. The summed E-state index contributed by atoms with van der Waals surface area (Å²) < 4.78 is 0.905. The van der Waals surface area contributed by atoms with E-state index in [1.165, 1.54) is 10.6 Å². The van der Waals surface area contributed by atoms with Gasteiger partial charge in [0.15, 0.2) is 0 Å². The van der Waals surface area contributed by atoms with Crippen molar-refractivity contribution in [3.05, 3.63) is 42.1 Å². The number of pyridine rings is 1. The van der Waals surface area contributed by atoms with Crippen LogP contribution in [0, 0.1) is 11.3 Å². The van der Waals surface area contributed by atoms with Gasteiger partial charge in [0, 0.05) is 67.5 Å². The van der Waals surface area contributed by atoms with Gasteiger partial charge in [0.25, 0.3) is 0 Å². The Hall–Kier alpha value is -3.35. The molecule has 0 bridgehead atoms. The van der Waals surface area contributed by atoms with Gasteiger partial charge >= 0.3 is 6.09 Å². The van der Waals surface area contributed by atoms with Crippen LogP contribution in [0.25, 0.3) is 20.5 Å². The quantitative estimate of drug-likeness (QED) is 0.542. The van der Waals surface area contributed by atoms with E-state index in [9.17, 15) is 15.2 Å². The number of rotatable bonds is 4. The second-order valence-electron chi connectivity index (χ2n) is 8.48. The monoisotopic (exact) mass is 462 g/mol. The average molecular weight is 463 g/mol. The molecule has 4 heterocycles. The first-order chi connectivity index (χ1) is 16.1. The first kappa shape index (κ1) is 21.5. The van der Waals surface area contributed by atoms with Crippen LogP contribution in [0.3, 0.4) is 0 Å². The first-order valence-corrected chi connectivity index (χ1v) is 12.1. The molecule has 2 aliphatic heterocycles. The topological polar surface area (TPSA) is 105 Å². The molecule has 3 N–H and O–H groups in total. The number of piperidine rings is 1. The number of fused-ring (bicyclic) bond motifs is 1. The fourth-order valence-corrected chi connectivity index (χ4v) is 5.71. The molecule has 1 amide bonds. The lowest BCUT2D eigenvalue weighted by Crippen LogP contribution is -2.44. The summed E-state index contributed by atoms with van der Waals surface area (Å²) in [5.74, 6) is 0.709. The molecule has 2 saturated heterocycles. The molecule has 3 aromatic rings. The minimum Gasteiger partial charge on any atom is -0.465 e. The summed E-state index contributed by atoms with van der Waals surface area (Å²) in [4.78, 5) is 20.8. The fourth-order valence-electron chi connectivity index (χ4n) is 4.58. The van der Waals surface area contributed by atoms with Crippen molar-refractivity contribution in [3.8, 4) is 16.5 Å². The second-order valence-corrected chi connectivity index (χ2v) is 9.53. The molecular formula is C24H26N6O2S. The third kappa shape index (κ3) is 4.45. The van der Waals surface area contributed by atoms with Crippen LogP contribution < -0.4 is 15.5 Å². The predicted octanol–water partition coefficient (Wildman–Crippen LogP) is 3.80. The van der Waals surface area contributed by atoms with Gasteiger partial charge in [-0.15, -0.1) is 11.3 Å². The number of aromatic nitrogens is 1. The largest absolute Gasteiger partial charge is 0.465 e. The summed E-state index contributed by atoms with van der Waals surface area (Å²) in [6, 6.07) is 13.0. The van der Waals surface area contributed by atoms with Gasteiger partial charge in [-0.25, -0.2) is 9.78 Å². The normalized spacial score (nSPS) is 18.8. The molecule has 0 saturated carbocycles. The smallest absolute Gasteiger partial charge is 0.407 e. The van der Waals surface area contributed by atoms with Crippen molar-refractivity contribution in [2.24, 2.45) is 0 Å². The number of nitrogens with one attached hydrogen (secondary N) is 2. The van der Waals surface area contributed by atoms with Crippen molar-refractivity contribution in [1.82, 2.24) is 15.2 Å². The molecule has 1 atom stereocenters. The number of carbonyl (C=O) groups is 1. The van der Waals surface area contributed by atoms with Crippen LogP contribution in [0.2, 0.25) is 0 Å². The van der Waals surface area contributed by atoms with Crippen molar-refractivity contribution in [3.63, 3.8) is 0 Å². The van der Waals surface area contributed by atoms with E-state index in [0.717, 1.165) is 59.5 Å². The summed E-state index contributed by atoms with van der Waals surface area (Å²) in [5.41, 5.74) is 2.89. The molecule has 9 heteroatoms. The van der Waals surface area contributed by atoms with Crippen molar-refractivity contribution in [2.75, 3.05) is 49.5 Å². The number of hydrogen-bond donors (Lipinski definition) is 3. The number of benzene rings is 1. The van der Waals surface area contributed by atoms with Crippen LogP contribution in [-0.2, 0) is 0 Å². The summed E-state index contributed by atoms with van der Waals surface area (Å²) in [6.45, 7) is 5.02. The van der Waals surface area contributed by atoms with Gasteiger partial charge in [0.1, 0.15) is 11.9 Å². The van der Waals surface area contributed by atoms with E-state index in [4.69, 9.17) is 0 Å². The Morgan fingerprint density at radius 3 is 2.76 bits per heavy atom. The van der Waals surface area contributed by atoms with Crippen molar-refractivity contribution in [1.29, 1.82) is 5.26 Å². The Labute approximate surface area is 196 Å². The number of thiophene rings is 1. The molecule has 8 nitrogen and oxygen atoms in total. The first-order valence-electron chi connectivity index (χ1n) is 11.3. The Morgan fingerprint density at radius 2 is 2.03 bits per heavy atom. The maximum absolute atomic E-state index is 11.4. The molecule has 0 unspecified atom stereocenters. The highest BCUT2D eigenvalue weighted by Crippen LogP contribution is 2.39. The molecule has 2 fully saturated rings. The second kappa shape index (κ2) is 9.25. The minimum atomic E-state index is -0.887. The van der Waals surface area contributed by atoms with Crippen LogP contribution in [0.1, 0.15) is 18.4 Å². The average Bonchev–Trinajstić information content (AvgIpc) is 3.31. The standard InChI is InChI=1S/C24H26N6O2S/c25-13-17-14-27-23(28-18-2-1-9-30(15-18)24(31)32)20-12-21(33-22(17)20)16-3-5-19(6-4-16)29-10-7-26-8-11-29/h3-6,12,14,18,26H,1-2,7-11,15H2,(H,27,28)(H,31,32)/t18-/m0/s1. The van der Waals surface area contributed by atoms with E-state index >= 15 is 0 Å². The number of amides is 1. The van der Waals surface area contributed by atoms with Gasteiger partial charge < -0.3 is 25.5 Å². The molecule has 33 heavy (non-hydrogen) atoms. The van der Waals surface area contributed by atoms with E-state index in [0.29, 0.717) is 24.5 Å². The van der Waals surface area contributed by atoms with E-state index in [1.807, 2.05) is 0 Å². The van der Waals surface area contributed by atoms with E-state index < -0.39 is 6.09 Å². The highest BCUT2D eigenvalue weighted by molar-refractivity contribution is 7.22. The molecule has 5 rings (SSSR count). The summed E-state index contributed by atoms with van der Waals surface area (Å²) in [6.07, 6.45) is 2.42. The van der Waals surface area contributed by atoms with Gasteiger partial charge in [-0.3, -0.25) is 0 Å². The lowest BCUT2D eigenvalue weighted by atomic mass is 10.1. The molecular weight excluding hydrogens is 436 g/mol. The third-order valence-electron chi connectivity index (χ3n) is 6.34. The van der Waals surface area contributed by atoms with Gasteiger partial charge in [0.2, 0.25) is 0 Å². The number of carboxylic acid groups (broad SMARTS) is 1. The predicted molar refractivity (Wildman–Crippen MR) is 131 cm³/mol. The lowest BCUT2D eigenvalue weighted by molar-refractivity contribution is 0.133. The summed E-state index contributed by atoms with van der Waals surface area (Å²) >= 11 is 1.59. The number of nitriles is 1. The van der Waals surface area contributed by atoms with E-state index in [2.05, 4.69) is 56.9 Å². The lowest BCUT2D eigenvalue weighted by Gasteiger charge is -2.31. The van der Waals surface area contributed by atoms with E-state index in [1.54, 1.807) is 17.5 Å². The molecule has 0 spiro atoms. The number of hydrogen-bond acceptors (Lipinski definition) is 7. The molecule has 1 aromatic carbocycles. The molecule has 170 valence electrons. The Balaban J connectivity index is 1.43. The Kier molecular flexibility index (Phi) is 6.03. The van der Waals surface area contributed by atoms with Crippen LogP contribution >= 0.6 is 11.3 Å². The Bertz CT molecular complexity index is 1200. The number of anilines is 2. The molecule has 2 aromatic heterocycles.